The molecule has 0 aliphatic heterocycles. The average molecular weight is 173 g/mol. The molecule has 0 aromatic rings. The summed E-state index contributed by atoms with van der Waals surface area (Å²) in [5.74, 6) is 0.746. The van der Waals surface area contributed by atoms with Crippen molar-refractivity contribution < 1.29 is 4.74 Å². The van der Waals surface area contributed by atoms with E-state index in [4.69, 9.17) is 4.74 Å². The summed E-state index contributed by atoms with van der Waals surface area (Å²) in [5.41, 5.74) is 0. The van der Waals surface area contributed by atoms with E-state index in [9.17, 15) is 0 Å². The van der Waals surface area contributed by atoms with Gasteiger partial charge in [0, 0.05) is 19.3 Å². The summed E-state index contributed by atoms with van der Waals surface area (Å²) in [4.78, 5) is 0. The summed E-state index contributed by atoms with van der Waals surface area (Å²) in [5, 5.41) is 3.26. The highest BCUT2D eigenvalue weighted by Gasteiger charge is 2.08. The highest BCUT2D eigenvalue weighted by Crippen LogP contribution is 2.09. The lowest BCUT2D eigenvalue weighted by Gasteiger charge is -2.18. The number of nitrogens with one attached hydrogen (secondary N) is 1. The minimum Gasteiger partial charge on any atom is -0.382 e. The second-order valence-electron chi connectivity index (χ2n) is 3.39. The molecule has 74 valence electrons. The van der Waals surface area contributed by atoms with Crippen molar-refractivity contribution in [3.63, 3.8) is 0 Å². The molecule has 0 saturated carbocycles. The van der Waals surface area contributed by atoms with Crippen LogP contribution in [0.15, 0.2) is 0 Å². The first-order chi connectivity index (χ1) is 5.72. The summed E-state index contributed by atoms with van der Waals surface area (Å²) in [6.07, 6.45) is 2.43. The van der Waals surface area contributed by atoms with Crippen molar-refractivity contribution in [1.82, 2.24) is 5.32 Å². The molecule has 0 amide bonds. The molecular formula is C10H23NO. The standard InChI is InChI=1S/C10H23NO/c1-5-12-8-6-7-9(2)10(3)11-4/h9-11H,5-8H2,1-4H3. The van der Waals surface area contributed by atoms with Crippen molar-refractivity contribution in [2.24, 2.45) is 5.92 Å². The first-order valence-electron chi connectivity index (χ1n) is 4.97. The van der Waals surface area contributed by atoms with Gasteiger partial charge in [-0.2, -0.15) is 0 Å². The molecule has 0 rings (SSSR count). The lowest BCUT2D eigenvalue weighted by Crippen LogP contribution is -2.28. The highest BCUT2D eigenvalue weighted by molar-refractivity contribution is 4.65. The van der Waals surface area contributed by atoms with Crippen LogP contribution in [0, 0.1) is 5.92 Å². The van der Waals surface area contributed by atoms with Crippen LogP contribution in [0.1, 0.15) is 33.6 Å². The number of hydrogen-bond donors (Lipinski definition) is 1. The first kappa shape index (κ1) is 11.9. The predicted octanol–water partition coefficient (Wildman–Crippen LogP) is 2.05. The van der Waals surface area contributed by atoms with Gasteiger partial charge in [0.2, 0.25) is 0 Å². The van der Waals surface area contributed by atoms with Crippen LogP contribution in [0.25, 0.3) is 0 Å². The molecule has 2 nitrogen and oxygen atoms in total. The Labute approximate surface area is 76.7 Å². The maximum Gasteiger partial charge on any atom is 0.0466 e. The zero-order valence-electron chi connectivity index (χ0n) is 8.89. The SMILES string of the molecule is CCOCCCC(C)C(C)NC. The Hall–Kier alpha value is -0.0800. The average Bonchev–Trinajstić information content (AvgIpc) is 2.10. The third kappa shape index (κ3) is 5.56. The minimum atomic E-state index is 0.617. The molecule has 0 aromatic carbocycles. The number of hydrogen-bond acceptors (Lipinski definition) is 2. The summed E-state index contributed by atoms with van der Waals surface area (Å²) in [6, 6.07) is 0.617. The van der Waals surface area contributed by atoms with E-state index in [0.717, 1.165) is 19.1 Å². The molecule has 0 bridgehead atoms. The van der Waals surface area contributed by atoms with E-state index in [1.807, 2.05) is 14.0 Å². The fourth-order valence-corrected chi connectivity index (χ4v) is 1.19. The summed E-state index contributed by atoms with van der Waals surface area (Å²) in [6.45, 7) is 8.31. The Morgan fingerprint density at radius 1 is 1.33 bits per heavy atom. The molecule has 2 heteroatoms. The molecule has 0 aliphatic rings. The normalized spacial score (nSPS) is 16.0. The van der Waals surface area contributed by atoms with Crippen LogP contribution in [0.4, 0.5) is 0 Å². The van der Waals surface area contributed by atoms with E-state index in [-0.39, 0.29) is 0 Å². The first-order valence-corrected chi connectivity index (χ1v) is 4.97. The quantitative estimate of drug-likeness (QED) is 0.595. The van der Waals surface area contributed by atoms with Gasteiger partial charge >= 0.3 is 0 Å². The molecule has 0 fully saturated rings. The lowest BCUT2D eigenvalue weighted by atomic mass is 9.98. The Morgan fingerprint density at radius 2 is 2.00 bits per heavy atom. The Bertz CT molecular complexity index is 95.8. The number of ether oxygens (including phenoxy) is 1. The molecule has 2 unspecified atom stereocenters. The van der Waals surface area contributed by atoms with Crippen molar-refractivity contribution in [2.45, 2.75) is 39.7 Å². The van der Waals surface area contributed by atoms with Gasteiger partial charge in [0.15, 0.2) is 0 Å². The molecule has 0 aromatic heterocycles. The Kier molecular flexibility index (Phi) is 7.51. The lowest BCUT2D eigenvalue weighted by molar-refractivity contribution is 0.138. The second-order valence-corrected chi connectivity index (χ2v) is 3.39. The van der Waals surface area contributed by atoms with Crippen LogP contribution in [0.3, 0.4) is 0 Å². The fourth-order valence-electron chi connectivity index (χ4n) is 1.19. The third-order valence-corrected chi connectivity index (χ3v) is 2.46. The minimum absolute atomic E-state index is 0.617. The van der Waals surface area contributed by atoms with Crippen molar-refractivity contribution in [2.75, 3.05) is 20.3 Å². The van der Waals surface area contributed by atoms with Crippen LogP contribution in [0.5, 0.6) is 0 Å². The van der Waals surface area contributed by atoms with E-state index >= 15 is 0 Å². The highest BCUT2D eigenvalue weighted by atomic mass is 16.5. The van der Waals surface area contributed by atoms with Crippen LogP contribution in [-0.2, 0) is 4.74 Å². The Balaban J connectivity index is 3.24. The third-order valence-electron chi connectivity index (χ3n) is 2.46. The number of rotatable bonds is 7. The molecule has 0 spiro atoms. The van der Waals surface area contributed by atoms with Gasteiger partial charge < -0.3 is 10.1 Å². The monoisotopic (exact) mass is 173 g/mol. The van der Waals surface area contributed by atoms with E-state index < -0.39 is 0 Å². The van der Waals surface area contributed by atoms with Crippen LogP contribution in [0.2, 0.25) is 0 Å². The van der Waals surface area contributed by atoms with Gasteiger partial charge in [-0.15, -0.1) is 0 Å². The summed E-state index contributed by atoms with van der Waals surface area (Å²) < 4.78 is 5.28. The van der Waals surface area contributed by atoms with Crippen LogP contribution >= 0.6 is 0 Å². The van der Waals surface area contributed by atoms with Gasteiger partial charge in [-0.1, -0.05) is 6.92 Å². The maximum absolute atomic E-state index is 5.28. The predicted molar refractivity (Wildman–Crippen MR) is 53.4 cm³/mol. The topological polar surface area (TPSA) is 21.3 Å². The Morgan fingerprint density at radius 3 is 2.50 bits per heavy atom. The maximum atomic E-state index is 5.28. The molecule has 0 aliphatic carbocycles. The molecule has 2 atom stereocenters. The van der Waals surface area contributed by atoms with Crippen molar-refractivity contribution in [3.8, 4) is 0 Å². The molecular weight excluding hydrogens is 150 g/mol. The van der Waals surface area contributed by atoms with E-state index in [1.54, 1.807) is 0 Å². The summed E-state index contributed by atoms with van der Waals surface area (Å²) in [7, 11) is 2.02. The van der Waals surface area contributed by atoms with Gasteiger partial charge in [0.1, 0.15) is 0 Å². The molecule has 12 heavy (non-hydrogen) atoms. The summed E-state index contributed by atoms with van der Waals surface area (Å²) >= 11 is 0. The van der Waals surface area contributed by atoms with Gasteiger partial charge in [-0.05, 0) is 39.7 Å². The van der Waals surface area contributed by atoms with E-state index in [1.165, 1.54) is 12.8 Å². The van der Waals surface area contributed by atoms with E-state index in [0.29, 0.717) is 6.04 Å². The molecule has 1 N–H and O–H groups in total. The smallest absolute Gasteiger partial charge is 0.0466 e. The van der Waals surface area contributed by atoms with Gasteiger partial charge in [0.25, 0.3) is 0 Å². The fraction of sp³-hybridized carbons (Fsp3) is 1.00. The van der Waals surface area contributed by atoms with E-state index in [2.05, 4.69) is 19.2 Å². The molecule has 0 heterocycles. The molecule has 0 radical (unpaired) electrons. The van der Waals surface area contributed by atoms with Crippen molar-refractivity contribution in [3.05, 3.63) is 0 Å². The molecule has 0 saturated heterocycles. The van der Waals surface area contributed by atoms with Crippen LogP contribution in [-0.4, -0.2) is 26.3 Å². The van der Waals surface area contributed by atoms with Crippen molar-refractivity contribution >= 4 is 0 Å². The van der Waals surface area contributed by atoms with Crippen LogP contribution < -0.4 is 5.32 Å². The van der Waals surface area contributed by atoms with Crippen molar-refractivity contribution in [1.29, 1.82) is 0 Å². The van der Waals surface area contributed by atoms with Gasteiger partial charge in [-0.25, -0.2) is 0 Å². The van der Waals surface area contributed by atoms with Gasteiger partial charge in [0.05, 0.1) is 0 Å². The second kappa shape index (κ2) is 7.56. The van der Waals surface area contributed by atoms with Gasteiger partial charge in [-0.3, -0.25) is 0 Å². The zero-order valence-corrected chi connectivity index (χ0v) is 8.89. The largest absolute Gasteiger partial charge is 0.382 e. The zero-order chi connectivity index (χ0) is 9.40.